The molecule has 10 heteroatoms. The Labute approximate surface area is 161 Å². The molecule has 0 aliphatic carbocycles. The zero-order valence-electron chi connectivity index (χ0n) is 14.5. The molecule has 1 fully saturated rings. The predicted molar refractivity (Wildman–Crippen MR) is 109 cm³/mol. The van der Waals surface area contributed by atoms with Crippen molar-refractivity contribution in [3.63, 3.8) is 0 Å². The van der Waals surface area contributed by atoms with Crippen LogP contribution in [-0.4, -0.2) is 68.9 Å². The summed E-state index contributed by atoms with van der Waals surface area (Å²) < 4.78 is 0. The van der Waals surface area contributed by atoms with Crippen molar-refractivity contribution < 1.29 is 4.92 Å². The maximum absolute atomic E-state index is 11.1. The third-order valence-corrected chi connectivity index (χ3v) is 5.46. The lowest BCUT2D eigenvalue weighted by molar-refractivity contribution is -0.385. The number of nitro groups is 1. The zero-order chi connectivity index (χ0) is 18.8. The molecule has 2 heterocycles. The number of nitrogens with zero attached hydrogens (tertiary/aromatic N) is 6. The third kappa shape index (κ3) is 3.17. The van der Waals surface area contributed by atoms with Crippen LogP contribution in [0.25, 0.3) is 6.08 Å². The van der Waals surface area contributed by atoms with Gasteiger partial charge in [0.15, 0.2) is 22.6 Å². The van der Waals surface area contributed by atoms with Crippen molar-refractivity contribution in [1.82, 2.24) is 14.8 Å². The van der Waals surface area contributed by atoms with Gasteiger partial charge in [-0.3, -0.25) is 10.1 Å². The summed E-state index contributed by atoms with van der Waals surface area (Å²) in [4.78, 5) is 19.3. The van der Waals surface area contributed by atoms with Crippen LogP contribution >= 0.6 is 24.0 Å². The van der Waals surface area contributed by atoms with Crippen molar-refractivity contribution >= 4 is 52.2 Å². The highest BCUT2D eigenvalue weighted by Crippen LogP contribution is 2.32. The van der Waals surface area contributed by atoms with Gasteiger partial charge in [0.2, 0.25) is 0 Å². The highest BCUT2D eigenvalue weighted by molar-refractivity contribution is 8.13. The Morgan fingerprint density at radius 3 is 2.77 bits per heavy atom. The quantitative estimate of drug-likeness (QED) is 0.338. The van der Waals surface area contributed by atoms with Crippen molar-refractivity contribution in [1.29, 1.82) is 0 Å². The van der Waals surface area contributed by atoms with E-state index in [1.165, 1.54) is 17.8 Å². The number of para-hydroxylation sites is 1. The molecule has 2 unspecified atom stereocenters. The van der Waals surface area contributed by atoms with Crippen molar-refractivity contribution in [2.45, 2.75) is 12.3 Å². The Morgan fingerprint density at radius 1 is 1.35 bits per heavy atom. The molecule has 26 heavy (non-hydrogen) atoms. The minimum absolute atomic E-state index is 0.0623. The Balaban J connectivity index is 1.79. The number of likely N-dealkylation sites (N-methyl/N-ethyl adjacent to an activating group) is 2. The molecule has 0 spiro atoms. The number of thioether (sulfide) groups is 1. The van der Waals surface area contributed by atoms with Gasteiger partial charge in [0.25, 0.3) is 5.69 Å². The molecule has 3 rings (SSSR count). The fourth-order valence-corrected chi connectivity index (χ4v) is 3.69. The van der Waals surface area contributed by atoms with E-state index in [9.17, 15) is 10.1 Å². The van der Waals surface area contributed by atoms with E-state index in [1.807, 2.05) is 35.2 Å². The maximum atomic E-state index is 11.1. The average Bonchev–Trinajstić information content (AvgIpc) is 3.10. The van der Waals surface area contributed by atoms with Gasteiger partial charge in [0.05, 0.1) is 10.5 Å². The monoisotopic (exact) mass is 390 g/mol. The molecule has 0 amide bonds. The molecule has 0 aromatic heterocycles. The predicted octanol–water partition coefficient (Wildman–Crippen LogP) is 2.44. The number of thiocarbonyl (C=S) groups is 1. The number of nitro benzene ring substituents is 1. The Bertz CT molecular complexity index is 825. The molecule has 2 aliphatic heterocycles. The van der Waals surface area contributed by atoms with Crippen LogP contribution in [-0.2, 0) is 0 Å². The minimum Gasteiger partial charge on any atom is -0.327 e. The van der Waals surface area contributed by atoms with E-state index in [1.54, 1.807) is 36.6 Å². The first-order valence-electron chi connectivity index (χ1n) is 7.80. The molecule has 0 radical (unpaired) electrons. The van der Waals surface area contributed by atoms with Crippen LogP contribution in [0.1, 0.15) is 5.56 Å². The van der Waals surface area contributed by atoms with Gasteiger partial charge < -0.3 is 9.80 Å². The van der Waals surface area contributed by atoms with E-state index in [-0.39, 0.29) is 18.0 Å². The summed E-state index contributed by atoms with van der Waals surface area (Å²) in [5, 5.41) is 18.9. The fraction of sp³-hybridized carbons (Fsp3) is 0.312. The van der Waals surface area contributed by atoms with E-state index >= 15 is 0 Å². The Morgan fingerprint density at radius 2 is 2.08 bits per heavy atom. The lowest BCUT2D eigenvalue weighted by Crippen LogP contribution is -2.43. The second-order valence-corrected chi connectivity index (χ2v) is 6.87. The van der Waals surface area contributed by atoms with Crippen LogP contribution in [0.2, 0.25) is 0 Å². The summed E-state index contributed by atoms with van der Waals surface area (Å²) in [7, 11) is 3.85. The summed E-state index contributed by atoms with van der Waals surface area (Å²) in [5.41, 5.74) is 0.591. The number of rotatable bonds is 4. The van der Waals surface area contributed by atoms with Gasteiger partial charge in [-0.1, -0.05) is 23.9 Å². The van der Waals surface area contributed by atoms with E-state index in [2.05, 4.69) is 10.1 Å². The van der Waals surface area contributed by atoms with Crippen LogP contribution in [0.4, 0.5) is 5.69 Å². The number of hydrogen-bond donors (Lipinski definition) is 0. The summed E-state index contributed by atoms with van der Waals surface area (Å²) in [6.07, 6.45) is 6.73. The molecule has 1 aromatic rings. The molecule has 2 atom stereocenters. The van der Waals surface area contributed by atoms with E-state index < -0.39 is 4.92 Å². The van der Waals surface area contributed by atoms with Crippen LogP contribution in [0.5, 0.6) is 0 Å². The average molecular weight is 390 g/mol. The second kappa shape index (κ2) is 7.42. The molecular formula is C16H18N6O2S2. The standard InChI is InChI=1S/C16H18N6O2S2/c1-19-13-14(20(2)16(19)25)21(15(18-13)26-3)17-10-6-8-11-7-4-5-9-12(11)22(23)24/h4-10,13-14H,1-3H3/b8-6+,17-10+. The smallest absolute Gasteiger partial charge is 0.276 e. The van der Waals surface area contributed by atoms with Crippen LogP contribution in [0.15, 0.2) is 40.4 Å². The Kier molecular flexibility index (Phi) is 5.23. The number of fused-ring (bicyclic) bond motifs is 1. The molecular weight excluding hydrogens is 372 g/mol. The minimum atomic E-state index is -0.398. The molecule has 0 bridgehead atoms. The van der Waals surface area contributed by atoms with Crippen molar-refractivity contribution in [2.24, 2.45) is 10.1 Å². The number of amidine groups is 1. The lowest BCUT2D eigenvalue weighted by Gasteiger charge is -2.26. The molecule has 0 N–H and O–H groups in total. The van der Waals surface area contributed by atoms with E-state index in [4.69, 9.17) is 12.2 Å². The molecule has 1 aromatic carbocycles. The Hall–Kier alpha value is -2.46. The van der Waals surface area contributed by atoms with Gasteiger partial charge in [0, 0.05) is 26.4 Å². The summed E-state index contributed by atoms with van der Waals surface area (Å²) >= 11 is 6.92. The van der Waals surface area contributed by atoms with Crippen LogP contribution in [0.3, 0.4) is 0 Å². The van der Waals surface area contributed by atoms with Crippen LogP contribution < -0.4 is 0 Å². The first-order chi connectivity index (χ1) is 12.5. The first kappa shape index (κ1) is 18.3. The van der Waals surface area contributed by atoms with Gasteiger partial charge in [-0.05, 0) is 36.7 Å². The van der Waals surface area contributed by atoms with Crippen molar-refractivity contribution in [3.8, 4) is 0 Å². The number of benzene rings is 1. The molecule has 1 saturated heterocycles. The summed E-state index contributed by atoms with van der Waals surface area (Å²) in [5.74, 6) is 0. The van der Waals surface area contributed by atoms with Gasteiger partial charge in [-0.2, -0.15) is 5.10 Å². The number of hydrogen-bond acceptors (Lipinski definition) is 7. The zero-order valence-corrected chi connectivity index (χ0v) is 16.1. The summed E-state index contributed by atoms with van der Waals surface area (Å²) in [6.45, 7) is 0. The van der Waals surface area contributed by atoms with Crippen molar-refractivity contribution in [3.05, 3.63) is 46.0 Å². The number of aliphatic imine (C=N–C) groups is 1. The third-order valence-electron chi connectivity index (χ3n) is 4.22. The van der Waals surface area contributed by atoms with E-state index in [0.717, 1.165) is 10.3 Å². The normalized spacial score (nSPS) is 22.7. The summed E-state index contributed by atoms with van der Waals surface area (Å²) in [6, 6.07) is 6.58. The number of hydrazone groups is 1. The largest absolute Gasteiger partial charge is 0.327 e. The SMILES string of the molecule is CSC1=NC2C(N(C)C(=S)N2C)N1/N=C/C=C/c1ccccc1[N+](=O)[O-]. The molecule has 136 valence electrons. The second-order valence-electron chi connectivity index (χ2n) is 5.73. The topological polar surface area (TPSA) is 77.6 Å². The van der Waals surface area contributed by atoms with Gasteiger partial charge in [0.1, 0.15) is 0 Å². The first-order valence-corrected chi connectivity index (χ1v) is 9.43. The maximum Gasteiger partial charge on any atom is 0.276 e. The van der Waals surface area contributed by atoms with Gasteiger partial charge in [-0.15, -0.1) is 0 Å². The van der Waals surface area contributed by atoms with Crippen molar-refractivity contribution in [2.75, 3.05) is 20.4 Å². The highest BCUT2D eigenvalue weighted by atomic mass is 32.2. The fourth-order valence-electron chi connectivity index (χ4n) is 2.92. The van der Waals surface area contributed by atoms with Crippen LogP contribution in [0, 0.1) is 10.1 Å². The van der Waals surface area contributed by atoms with Gasteiger partial charge in [-0.25, -0.2) is 10.0 Å². The number of allylic oxidation sites excluding steroid dienone is 1. The van der Waals surface area contributed by atoms with Gasteiger partial charge >= 0.3 is 0 Å². The molecule has 2 aliphatic rings. The molecule has 8 nitrogen and oxygen atoms in total. The molecule has 0 saturated carbocycles. The highest BCUT2D eigenvalue weighted by Gasteiger charge is 2.48. The lowest BCUT2D eigenvalue weighted by atomic mass is 10.2. The van der Waals surface area contributed by atoms with E-state index in [0.29, 0.717) is 5.56 Å².